The van der Waals surface area contributed by atoms with Crippen LogP contribution in [0.15, 0.2) is 4.21 Å². The van der Waals surface area contributed by atoms with E-state index in [2.05, 4.69) is 9.71 Å². The molecular weight excluding hydrogens is 296 g/mol. The minimum absolute atomic E-state index is 0.0712. The van der Waals surface area contributed by atoms with Crippen LogP contribution < -0.4 is 4.72 Å². The smallest absolute Gasteiger partial charge is 0.251 e. The molecule has 1 aromatic rings. The predicted octanol–water partition coefficient (Wildman–Crippen LogP) is 2.08. The van der Waals surface area contributed by atoms with Gasteiger partial charge in [0, 0.05) is 12.0 Å². The number of rotatable bonds is 6. The fourth-order valence-corrected chi connectivity index (χ4v) is 4.86. The zero-order valence-electron chi connectivity index (χ0n) is 12.9. The number of nitrogens with one attached hydrogen (secondary N) is 1. The van der Waals surface area contributed by atoms with Crippen LogP contribution in [0.3, 0.4) is 0 Å². The summed E-state index contributed by atoms with van der Waals surface area (Å²) in [5, 5.41) is 10.9. The highest BCUT2D eigenvalue weighted by Crippen LogP contribution is 2.27. The van der Waals surface area contributed by atoms with Crippen LogP contribution in [-0.2, 0) is 10.0 Å². The lowest BCUT2D eigenvalue weighted by molar-refractivity contribution is 0.0166. The molecule has 0 aromatic carbocycles. The number of hydrogen-bond acceptors (Lipinski definition) is 5. The Hall–Kier alpha value is -0.500. The van der Waals surface area contributed by atoms with Gasteiger partial charge in [-0.05, 0) is 19.8 Å². The first-order chi connectivity index (χ1) is 8.97. The van der Waals surface area contributed by atoms with E-state index in [0.29, 0.717) is 5.69 Å². The van der Waals surface area contributed by atoms with Gasteiger partial charge in [-0.3, -0.25) is 0 Å². The average Bonchev–Trinajstić information content (AvgIpc) is 2.66. The molecule has 1 aromatic heterocycles. The number of nitrogens with zero attached hydrogens (tertiary/aromatic N) is 1. The summed E-state index contributed by atoms with van der Waals surface area (Å²) in [6, 6.07) is 0. The van der Waals surface area contributed by atoms with Crippen LogP contribution in [0.25, 0.3) is 0 Å². The molecule has 0 aliphatic rings. The Kier molecular flexibility index (Phi) is 5.34. The van der Waals surface area contributed by atoms with E-state index in [9.17, 15) is 13.5 Å². The monoisotopic (exact) mass is 320 g/mol. The van der Waals surface area contributed by atoms with Crippen LogP contribution in [0.1, 0.15) is 38.4 Å². The van der Waals surface area contributed by atoms with Crippen LogP contribution >= 0.6 is 11.3 Å². The molecule has 0 radical (unpaired) electrons. The molecule has 0 saturated carbocycles. The topological polar surface area (TPSA) is 79.3 Å². The van der Waals surface area contributed by atoms with E-state index in [-0.39, 0.29) is 16.7 Å². The number of aliphatic hydroxyl groups excluding tert-OH is 1. The van der Waals surface area contributed by atoms with Crippen molar-refractivity contribution in [1.29, 1.82) is 0 Å². The highest BCUT2D eigenvalue weighted by Gasteiger charge is 2.32. The molecule has 0 aliphatic heterocycles. The summed E-state index contributed by atoms with van der Waals surface area (Å²) in [6.07, 6.45) is -0.575. The third-order valence-electron chi connectivity index (χ3n) is 3.25. The van der Waals surface area contributed by atoms with Crippen LogP contribution in [0.2, 0.25) is 0 Å². The third-order valence-corrected chi connectivity index (χ3v) is 6.34. The molecule has 20 heavy (non-hydrogen) atoms. The van der Waals surface area contributed by atoms with Crippen molar-refractivity contribution in [3.63, 3.8) is 0 Å². The SMILES string of the molecule is Cc1nc(C)c(S(=O)(=O)NCC(C)(C)C(O)C(C)C)s1. The van der Waals surface area contributed by atoms with E-state index < -0.39 is 21.5 Å². The van der Waals surface area contributed by atoms with E-state index in [0.717, 1.165) is 16.3 Å². The minimum Gasteiger partial charge on any atom is -0.392 e. The van der Waals surface area contributed by atoms with Crippen molar-refractivity contribution >= 4 is 21.4 Å². The predicted molar refractivity (Wildman–Crippen MR) is 81.4 cm³/mol. The lowest BCUT2D eigenvalue weighted by Crippen LogP contribution is -2.43. The van der Waals surface area contributed by atoms with Gasteiger partial charge in [0.1, 0.15) is 0 Å². The van der Waals surface area contributed by atoms with Crippen molar-refractivity contribution in [2.45, 2.75) is 51.9 Å². The van der Waals surface area contributed by atoms with Crippen molar-refractivity contribution in [2.75, 3.05) is 6.54 Å². The molecule has 0 fully saturated rings. The number of aromatic nitrogens is 1. The second-order valence-corrected chi connectivity index (χ2v) is 9.27. The Morgan fingerprint density at radius 3 is 2.30 bits per heavy atom. The molecule has 7 heteroatoms. The van der Waals surface area contributed by atoms with Gasteiger partial charge < -0.3 is 5.11 Å². The Bertz CT molecular complexity index is 562. The molecule has 1 rings (SSSR count). The van der Waals surface area contributed by atoms with Crippen molar-refractivity contribution in [3.8, 4) is 0 Å². The first-order valence-electron chi connectivity index (χ1n) is 6.59. The quantitative estimate of drug-likeness (QED) is 0.841. The number of sulfonamides is 1. The van der Waals surface area contributed by atoms with E-state index in [1.807, 2.05) is 27.7 Å². The molecule has 0 spiro atoms. The minimum atomic E-state index is -3.57. The molecule has 1 heterocycles. The Balaban J connectivity index is 2.86. The summed E-state index contributed by atoms with van der Waals surface area (Å²) in [7, 11) is -3.57. The molecule has 0 aliphatic carbocycles. The van der Waals surface area contributed by atoms with Gasteiger partial charge in [0.15, 0.2) is 4.21 Å². The molecule has 1 atom stereocenters. The van der Waals surface area contributed by atoms with E-state index >= 15 is 0 Å². The van der Waals surface area contributed by atoms with Gasteiger partial charge in [0.2, 0.25) is 0 Å². The van der Waals surface area contributed by atoms with Gasteiger partial charge in [0.25, 0.3) is 10.0 Å². The summed E-state index contributed by atoms with van der Waals surface area (Å²) in [4.78, 5) is 4.14. The Labute approximate surface area is 125 Å². The van der Waals surface area contributed by atoms with Crippen LogP contribution in [-0.4, -0.2) is 31.2 Å². The zero-order valence-corrected chi connectivity index (χ0v) is 14.5. The maximum Gasteiger partial charge on any atom is 0.251 e. The van der Waals surface area contributed by atoms with E-state index in [4.69, 9.17) is 0 Å². The fourth-order valence-electron chi connectivity index (χ4n) is 2.12. The summed E-state index contributed by atoms with van der Waals surface area (Å²) in [5.74, 6) is 0.0712. The Morgan fingerprint density at radius 1 is 1.35 bits per heavy atom. The van der Waals surface area contributed by atoms with Crippen LogP contribution in [0.4, 0.5) is 0 Å². The lowest BCUT2D eigenvalue weighted by Gasteiger charge is -2.33. The van der Waals surface area contributed by atoms with Gasteiger partial charge in [-0.25, -0.2) is 18.1 Å². The molecule has 5 nitrogen and oxygen atoms in total. The van der Waals surface area contributed by atoms with Gasteiger partial charge >= 0.3 is 0 Å². The average molecular weight is 320 g/mol. The van der Waals surface area contributed by atoms with Crippen molar-refractivity contribution in [3.05, 3.63) is 10.7 Å². The third kappa shape index (κ3) is 4.00. The number of thiazole rings is 1. The summed E-state index contributed by atoms with van der Waals surface area (Å²) < 4.78 is 27.4. The summed E-state index contributed by atoms with van der Waals surface area (Å²) in [6.45, 7) is 11.2. The van der Waals surface area contributed by atoms with Gasteiger partial charge in [-0.2, -0.15) is 0 Å². The maximum absolute atomic E-state index is 12.3. The van der Waals surface area contributed by atoms with Crippen molar-refractivity contribution < 1.29 is 13.5 Å². The van der Waals surface area contributed by atoms with E-state index in [1.165, 1.54) is 0 Å². The summed E-state index contributed by atoms with van der Waals surface area (Å²) >= 11 is 1.16. The number of aryl methyl sites for hydroxylation is 2. The van der Waals surface area contributed by atoms with Gasteiger partial charge in [-0.1, -0.05) is 27.7 Å². The van der Waals surface area contributed by atoms with Crippen LogP contribution in [0.5, 0.6) is 0 Å². The second kappa shape index (κ2) is 6.09. The van der Waals surface area contributed by atoms with Gasteiger partial charge in [-0.15, -0.1) is 11.3 Å². The van der Waals surface area contributed by atoms with Gasteiger partial charge in [0.05, 0.1) is 16.8 Å². The largest absolute Gasteiger partial charge is 0.392 e. The molecule has 0 saturated heterocycles. The summed E-state index contributed by atoms with van der Waals surface area (Å²) in [5.41, 5.74) is -0.0169. The lowest BCUT2D eigenvalue weighted by atomic mass is 9.81. The first kappa shape index (κ1) is 17.6. The molecule has 1 unspecified atom stereocenters. The zero-order chi connectivity index (χ0) is 15.7. The highest BCUT2D eigenvalue weighted by atomic mass is 32.2. The maximum atomic E-state index is 12.3. The normalized spacial score (nSPS) is 14.8. The standard InChI is InChI=1S/C13H24N2O3S2/c1-8(2)11(16)13(5,6)7-14-20(17,18)12-9(3)15-10(4)19-12/h8,11,14,16H,7H2,1-6H3. The van der Waals surface area contributed by atoms with Crippen molar-refractivity contribution in [1.82, 2.24) is 9.71 Å². The second-order valence-electron chi connectivity index (χ2n) is 6.11. The number of aliphatic hydroxyl groups is 1. The molecule has 116 valence electrons. The Morgan fingerprint density at radius 2 is 1.90 bits per heavy atom. The highest BCUT2D eigenvalue weighted by molar-refractivity contribution is 7.91. The molecular formula is C13H24N2O3S2. The molecule has 0 bridgehead atoms. The molecule has 2 N–H and O–H groups in total. The first-order valence-corrected chi connectivity index (χ1v) is 8.89. The fraction of sp³-hybridized carbons (Fsp3) is 0.769. The van der Waals surface area contributed by atoms with E-state index in [1.54, 1.807) is 13.8 Å². The number of hydrogen-bond donors (Lipinski definition) is 2. The van der Waals surface area contributed by atoms with Crippen molar-refractivity contribution in [2.24, 2.45) is 11.3 Å². The molecule has 0 amide bonds. The van der Waals surface area contributed by atoms with Crippen LogP contribution in [0, 0.1) is 25.2 Å².